The summed E-state index contributed by atoms with van der Waals surface area (Å²) in [6.07, 6.45) is 1.91. The maximum absolute atomic E-state index is 12.2. The molecule has 0 aromatic heterocycles. The Bertz CT molecular complexity index is 414. The lowest BCUT2D eigenvalue weighted by Crippen LogP contribution is -2.73. The summed E-state index contributed by atoms with van der Waals surface area (Å²) in [6, 6.07) is 0. The molecule has 1 fully saturated rings. The summed E-state index contributed by atoms with van der Waals surface area (Å²) in [7, 11) is 1.39. The first-order valence-corrected chi connectivity index (χ1v) is 6.70. The van der Waals surface area contributed by atoms with Crippen molar-refractivity contribution in [2.75, 3.05) is 12.9 Å². The van der Waals surface area contributed by atoms with Crippen LogP contribution in [0.15, 0.2) is 11.6 Å². The van der Waals surface area contributed by atoms with Gasteiger partial charge in [-0.05, 0) is 0 Å². The van der Waals surface area contributed by atoms with Crippen LogP contribution in [0.3, 0.4) is 0 Å². The number of hydrogen-bond donors (Lipinski definition) is 0. The number of methoxy groups -OCH3 is 1. The minimum atomic E-state index is -0.502. The van der Waals surface area contributed by atoms with Gasteiger partial charge in [0.1, 0.15) is 5.78 Å². The Hall–Kier alpha value is -0.770. The predicted molar refractivity (Wildman–Crippen MR) is 67.9 cm³/mol. The number of carbonyl (C=O) groups excluding carboxylic acids is 2. The van der Waals surface area contributed by atoms with E-state index in [1.54, 1.807) is 11.8 Å². The number of Topliss-reactive ketones (excluding diaryl/α,β-unsaturated/α-hetero) is 1. The highest BCUT2D eigenvalue weighted by Crippen LogP contribution is 2.70. The fourth-order valence-corrected chi connectivity index (χ4v) is 5.39. The molecule has 0 N–H and O–H groups in total. The van der Waals surface area contributed by atoms with E-state index < -0.39 is 15.6 Å². The van der Waals surface area contributed by atoms with Crippen LogP contribution < -0.4 is 0 Å². The van der Waals surface area contributed by atoms with Gasteiger partial charge in [-0.25, -0.2) is 4.79 Å². The van der Waals surface area contributed by atoms with E-state index >= 15 is 0 Å². The van der Waals surface area contributed by atoms with Crippen molar-refractivity contribution >= 4 is 23.5 Å². The minimum absolute atomic E-state index is 0.217. The SMILES string of the molecule is COC(=O)C1=CCSC12C(C)(C)C(=O)C2(C)C. The molecule has 0 radical (unpaired) electrons. The lowest BCUT2D eigenvalue weighted by molar-refractivity contribution is -0.158. The number of carbonyl (C=O) groups is 2. The fourth-order valence-electron chi connectivity index (χ4n) is 3.66. The average Bonchev–Trinajstić information content (AvgIpc) is 2.73. The summed E-state index contributed by atoms with van der Waals surface area (Å²) in [4.78, 5) is 24.1. The maximum atomic E-state index is 12.2. The van der Waals surface area contributed by atoms with Crippen LogP contribution in [0, 0.1) is 10.8 Å². The zero-order chi connectivity index (χ0) is 13.1. The number of ether oxygens (including phenoxy) is 1. The first-order valence-electron chi connectivity index (χ1n) is 5.71. The first-order chi connectivity index (χ1) is 7.73. The summed E-state index contributed by atoms with van der Waals surface area (Å²) in [5.74, 6) is 0.683. The lowest BCUT2D eigenvalue weighted by atomic mass is 9.44. The van der Waals surface area contributed by atoms with Crippen LogP contribution in [0.25, 0.3) is 0 Å². The van der Waals surface area contributed by atoms with Crippen molar-refractivity contribution in [1.29, 1.82) is 0 Å². The van der Waals surface area contributed by atoms with Crippen molar-refractivity contribution in [2.24, 2.45) is 10.8 Å². The molecular formula is C13H18O3S. The smallest absolute Gasteiger partial charge is 0.334 e. The van der Waals surface area contributed by atoms with E-state index in [2.05, 4.69) is 0 Å². The molecule has 0 aromatic carbocycles. The van der Waals surface area contributed by atoms with Gasteiger partial charge in [0.05, 0.1) is 17.4 Å². The van der Waals surface area contributed by atoms with Crippen LogP contribution >= 0.6 is 11.8 Å². The average molecular weight is 254 g/mol. The van der Waals surface area contributed by atoms with E-state index in [-0.39, 0.29) is 11.8 Å². The number of esters is 1. The molecule has 3 nitrogen and oxygen atoms in total. The number of thioether (sulfide) groups is 1. The Morgan fingerprint density at radius 2 is 1.82 bits per heavy atom. The van der Waals surface area contributed by atoms with Crippen molar-refractivity contribution < 1.29 is 14.3 Å². The Labute approximate surface area is 106 Å². The Kier molecular flexibility index (Phi) is 2.52. The standard InChI is InChI=1S/C13H18O3S/c1-11(2)10(15)12(3,4)13(11)8(6-7-17-13)9(14)16-5/h6H,7H2,1-5H3. The van der Waals surface area contributed by atoms with Crippen molar-refractivity contribution in [3.63, 3.8) is 0 Å². The van der Waals surface area contributed by atoms with Crippen LogP contribution in [0.2, 0.25) is 0 Å². The number of hydrogen-bond acceptors (Lipinski definition) is 4. The van der Waals surface area contributed by atoms with Crippen molar-refractivity contribution in [3.8, 4) is 0 Å². The highest BCUT2D eigenvalue weighted by Gasteiger charge is 2.75. The normalized spacial score (nSPS) is 27.6. The molecule has 0 aromatic rings. The molecule has 0 bridgehead atoms. The van der Waals surface area contributed by atoms with Crippen molar-refractivity contribution in [1.82, 2.24) is 0 Å². The molecule has 2 aliphatic rings. The quantitative estimate of drug-likeness (QED) is 0.673. The second-order valence-electron chi connectivity index (χ2n) is 5.68. The van der Waals surface area contributed by atoms with Gasteiger partial charge < -0.3 is 4.74 Å². The van der Waals surface area contributed by atoms with Gasteiger partial charge in [-0.15, -0.1) is 11.8 Å². The molecule has 1 saturated carbocycles. The highest BCUT2D eigenvalue weighted by molar-refractivity contribution is 8.01. The van der Waals surface area contributed by atoms with Crippen LogP contribution in [0.4, 0.5) is 0 Å². The molecular weight excluding hydrogens is 236 g/mol. The Morgan fingerprint density at radius 3 is 2.29 bits per heavy atom. The number of rotatable bonds is 1. The van der Waals surface area contributed by atoms with E-state index in [4.69, 9.17) is 4.74 Å². The van der Waals surface area contributed by atoms with Crippen molar-refractivity contribution in [2.45, 2.75) is 32.4 Å². The zero-order valence-corrected chi connectivity index (χ0v) is 11.7. The van der Waals surface area contributed by atoms with Crippen LogP contribution in [-0.2, 0) is 14.3 Å². The maximum Gasteiger partial charge on any atom is 0.334 e. The second kappa shape index (κ2) is 3.37. The molecule has 4 heteroatoms. The molecule has 0 saturated heterocycles. The summed E-state index contributed by atoms with van der Waals surface area (Å²) in [5, 5.41) is 0. The minimum Gasteiger partial charge on any atom is -0.466 e. The summed E-state index contributed by atoms with van der Waals surface area (Å²) in [6.45, 7) is 7.71. The molecule has 2 rings (SSSR count). The molecule has 1 spiro atoms. The monoisotopic (exact) mass is 254 g/mol. The molecule has 1 aliphatic carbocycles. The van der Waals surface area contributed by atoms with Gasteiger partial charge in [0.25, 0.3) is 0 Å². The topological polar surface area (TPSA) is 43.4 Å². The van der Waals surface area contributed by atoms with Crippen molar-refractivity contribution in [3.05, 3.63) is 11.6 Å². The highest BCUT2D eigenvalue weighted by atomic mass is 32.2. The summed E-state index contributed by atoms with van der Waals surface area (Å²) in [5.41, 5.74) is -0.338. The Balaban J connectivity index is 2.54. The van der Waals surface area contributed by atoms with E-state index in [9.17, 15) is 9.59 Å². The number of ketones is 1. The van der Waals surface area contributed by atoms with E-state index in [0.29, 0.717) is 5.57 Å². The van der Waals surface area contributed by atoms with Gasteiger partial charge in [0, 0.05) is 16.6 Å². The van der Waals surface area contributed by atoms with Gasteiger partial charge in [-0.2, -0.15) is 0 Å². The summed E-state index contributed by atoms with van der Waals surface area (Å²) < 4.78 is 4.43. The van der Waals surface area contributed by atoms with E-state index in [1.165, 1.54) is 7.11 Å². The second-order valence-corrected chi connectivity index (χ2v) is 6.92. The largest absolute Gasteiger partial charge is 0.466 e. The third kappa shape index (κ3) is 1.15. The third-order valence-electron chi connectivity index (χ3n) is 4.27. The van der Waals surface area contributed by atoms with Gasteiger partial charge in [-0.1, -0.05) is 33.8 Å². The molecule has 17 heavy (non-hydrogen) atoms. The van der Waals surface area contributed by atoms with E-state index in [1.807, 2.05) is 33.8 Å². The fraction of sp³-hybridized carbons (Fsp3) is 0.692. The third-order valence-corrected chi connectivity index (χ3v) is 6.27. The molecule has 0 atom stereocenters. The van der Waals surface area contributed by atoms with Gasteiger partial charge in [-0.3, -0.25) is 4.79 Å². The van der Waals surface area contributed by atoms with Crippen LogP contribution in [0.1, 0.15) is 27.7 Å². The molecule has 0 amide bonds. The molecule has 1 heterocycles. The van der Waals surface area contributed by atoms with Gasteiger partial charge in [0.15, 0.2) is 0 Å². The van der Waals surface area contributed by atoms with E-state index in [0.717, 1.165) is 5.75 Å². The lowest BCUT2D eigenvalue weighted by Gasteiger charge is -2.63. The van der Waals surface area contributed by atoms with Crippen LogP contribution in [-0.4, -0.2) is 29.4 Å². The van der Waals surface area contributed by atoms with Crippen LogP contribution in [0.5, 0.6) is 0 Å². The first kappa shape index (κ1) is 12.7. The Morgan fingerprint density at radius 1 is 1.29 bits per heavy atom. The molecule has 94 valence electrons. The zero-order valence-electron chi connectivity index (χ0n) is 10.9. The van der Waals surface area contributed by atoms with Gasteiger partial charge >= 0.3 is 5.97 Å². The summed E-state index contributed by atoms with van der Waals surface area (Å²) >= 11 is 1.69. The molecule has 0 unspecified atom stereocenters. The molecule has 1 aliphatic heterocycles. The predicted octanol–water partition coefficient (Wildman–Crippen LogP) is 2.21. The van der Waals surface area contributed by atoms with Gasteiger partial charge in [0.2, 0.25) is 0 Å².